The zero-order valence-corrected chi connectivity index (χ0v) is 12.4. The predicted molar refractivity (Wildman–Crippen MR) is 72.8 cm³/mol. The predicted octanol–water partition coefficient (Wildman–Crippen LogP) is 2.61. The number of hydrogen-bond acceptors (Lipinski definition) is 3. The van der Waals surface area contributed by atoms with Gasteiger partial charge >= 0.3 is 0 Å². The van der Waals surface area contributed by atoms with E-state index in [0.29, 0.717) is 11.0 Å². The highest BCUT2D eigenvalue weighted by Gasteiger charge is 2.20. The molecule has 0 saturated carbocycles. The van der Waals surface area contributed by atoms with Crippen molar-refractivity contribution in [3.8, 4) is 0 Å². The summed E-state index contributed by atoms with van der Waals surface area (Å²) in [6, 6.07) is 5.26. The van der Waals surface area contributed by atoms with Gasteiger partial charge in [-0.3, -0.25) is 9.40 Å². The smallest absolute Gasteiger partial charge is 0.266 e. The summed E-state index contributed by atoms with van der Waals surface area (Å²) >= 11 is 3.07. The van der Waals surface area contributed by atoms with Crippen LogP contribution in [0.5, 0.6) is 0 Å². The fourth-order valence-electron chi connectivity index (χ4n) is 1.48. The van der Waals surface area contributed by atoms with Crippen LogP contribution < -0.4 is 4.72 Å². The van der Waals surface area contributed by atoms with Crippen LogP contribution in [0.25, 0.3) is 0 Å². The largest absolute Gasteiger partial charge is 0.271 e. The zero-order valence-electron chi connectivity index (χ0n) is 9.97. The number of anilines is 1. The number of halogens is 2. The summed E-state index contributed by atoms with van der Waals surface area (Å²) in [7, 11) is -3.98. The highest BCUT2D eigenvalue weighted by atomic mass is 79.9. The highest BCUT2D eigenvalue weighted by molar-refractivity contribution is 9.10. The third-order valence-corrected chi connectivity index (χ3v) is 4.27. The second-order valence-corrected chi connectivity index (χ2v) is 6.30. The van der Waals surface area contributed by atoms with Gasteiger partial charge in [0, 0.05) is 23.3 Å². The minimum Gasteiger partial charge on any atom is -0.271 e. The molecular weight excluding hydrogens is 337 g/mol. The number of nitrogens with one attached hydrogen (secondary N) is 1. The van der Waals surface area contributed by atoms with Crippen LogP contribution in [-0.4, -0.2) is 18.2 Å². The molecule has 0 aliphatic rings. The van der Waals surface area contributed by atoms with E-state index in [1.165, 1.54) is 18.2 Å². The number of rotatable bonds is 4. The molecule has 0 unspecified atom stereocenters. The van der Waals surface area contributed by atoms with Gasteiger partial charge in [-0.1, -0.05) is 15.9 Å². The van der Waals surface area contributed by atoms with Gasteiger partial charge in [-0.25, -0.2) is 12.8 Å². The summed E-state index contributed by atoms with van der Waals surface area (Å²) in [5, 5.41) is 3.98. The van der Waals surface area contributed by atoms with E-state index < -0.39 is 20.7 Å². The van der Waals surface area contributed by atoms with Crippen molar-refractivity contribution >= 4 is 31.8 Å². The Morgan fingerprint density at radius 2 is 2.16 bits per heavy atom. The molecule has 1 aromatic carbocycles. The summed E-state index contributed by atoms with van der Waals surface area (Å²) in [6.45, 7) is 2.49. The number of aryl methyl sites for hydroxylation is 1. The third kappa shape index (κ3) is 3.13. The summed E-state index contributed by atoms with van der Waals surface area (Å²) in [5.74, 6) is -0.666. The van der Waals surface area contributed by atoms with Crippen molar-refractivity contribution in [1.82, 2.24) is 9.78 Å². The average Bonchev–Trinajstić information content (AvgIpc) is 2.75. The van der Waals surface area contributed by atoms with Crippen LogP contribution in [0.2, 0.25) is 0 Å². The lowest BCUT2D eigenvalue weighted by molar-refractivity contribution is 0.569. The van der Waals surface area contributed by atoms with Gasteiger partial charge in [0.25, 0.3) is 10.0 Å². The van der Waals surface area contributed by atoms with Gasteiger partial charge in [0.05, 0.1) is 0 Å². The first kappa shape index (κ1) is 14.0. The van der Waals surface area contributed by atoms with Crippen LogP contribution in [0.1, 0.15) is 6.92 Å². The molecule has 0 amide bonds. The fourth-order valence-corrected chi connectivity index (χ4v) is 2.87. The number of nitrogens with zero attached hydrogens (tertiary/aromatic N) is 2. The van der Waals surface area contributed by atoms with Crippen molar-refractivity contribution in [2.24, 2.45) is 0 Å². The molecule has 102 valence electrons. The molecule has 0 fully saturated rings. The summed E-state index contributed by atoms with van der Waals surface area (Å²) in [4.78, 5) is -0.415. The van der Waals surface area contributed by atoms with Gasteiger partial charge in [0.1, 0.15) is 10.7 Å². The van der Waals surface area contributed by atoms with E-state index in [0.717, 1.165) is 6.07 Å². The lowest BCUT2D eigenvalue weighted by atomic mass is 10.3. The molecule has 0 radical (unpaired) electrons. The molecule has 0 bridgehead atoms. The van der Waals surface area contributed by atoms with Crippen LogP contribution in [0.15, 0.2) is 39.8 Å². The third-order valence-electron chi connectivity index (χ3n) is 2.39. The zero-order chi connectivity index (χ0) is 14.0. The normalized spacial score (nSPS) is 11.5. The number of aromatic nitrogens is 2. The number of hydrogen-bond donors (Lipinski definition) is 1. The van der Waals surface area contributed by atoms with Gasteiger partial charge in [0.15, 0.2) is 5.82 Å². The van der Waals surface area contributed by atoms with Crippen molar-refractivity contribution in [2.45, 2.75) is 18.4 Å². The molecule has 2 rings (SSSR count). The monoisotopic (exact) mass is 347 g/mol. The Kier molecular flexibility index (Phi) is 3.91. The second-order valence-electron chi connectivity index (χ2n) is 3.74. The van der Waals surface area contributed by atoms with E-state index >= 15 is 0 Å². The van der Waals surface area contributed by atoms with E-state index in [-0.39, 0.29) is 5.82 Å². The topological polar surface area (TPSA) is 64.0 Å². The van der Waals surface area contributed by atoms with Crippen molar-refractivity contribution in [3.63, 3.8) is 0 Å². The minimum absolute atomic E-state index is 0.157. The van der Waals surface area contributed by atoms with E-state index in [1.54, 1.807) is 10.9 Å². The van der Waals surface area contributed by atoms with Gasteiger partial charge < -0.3 is 0 Å². The van der Waals surface area contributed by atoms with Crippen LogP contribution in [0.3, 0.4) is 0 Å². The Morgan fingerprint density at radius 1 is 1.42 bits per heavy atom. The molecule has 1 N–H and O–H groups in total. The van der Waals surface area contributed by atoms with Crippen LogP contribution in [0.4, 0.5) is 10.2 Å². The van der Waals surface area contributed by atoms with Crippen LogP contribution >= 0.6 is 15.9 Å². The molecule has 0 aliphatic carbocycles. The maximum atomic E-state index is 13.6. The molecule has 5 nitrogen and oxygen atoms in total. The molecular formula is C11H11BrFN3O2S. The van der Waals surface area contributed by atoms with E-state index in [1.807, 2.05) is 6.92 Å². The maximum absolute atomic E-state index is 13.6. The summed E-state index contributed by atoms with van der Waals surface area (Å²) < 4.78 is 41.9. The number of benzene rings is 1. The standard InChI is InChI=1S/C11H11BrFN3O2S/c1-2-16-6-5-11(14-16)15-19(17,18)10-4-3-8(12)7-9(10)13/h3-7H,2H2,1H3,(H,14,15). The van der Waals surface area contributed by atoms with Crippen LogP contribution in [0, 0.1) is 5.82 Å². The van der Waals surface area contributed by atoms with E-state index in [2.05, 4.69) is 25.8 Å². The Labute approximate surface area is 118 Å². The highest BCUT2D eigenvalue weighted by Crippen LogP contribution is 2.21. The molecule has 19 heavy (non-hydrogen) atoms. The number of sulfonamides is 1. The lowest BCUT2D eigenvalue weighted by Crippen LogP contribution is -2.15. The van der Waals surface area contributed by atoms with Gasteiger partial charge in [0.2, 0.25) is 0 Å². The summed E-state index contributed by atoms with van der Waals surface area (Å²) in [6.07, 6.45) is 1.63. The molecule has 0 aliphatic heterocycles. The van der Waals surface area contributed by atoms with E-state index in [9.17, 15) is 12.8 Å². The molecule has 2 aromatic rings. The van der Waals surface area contributed by atoms with E-state index in [4.69, 9.17) is 0 Å². The van der Waals surface area contributed by atoms with Gasteiger partial charge in [-0.2, -0.15) is 5.10 Å². The Bertz CT molecular complexity index is 700. The minimum atomic E-state index is -3.98. The molecule has 1 aromatic heterocycles. The first-order chi connectivity index (χ1) is 8.92. The fraction of sp³-hybridized carbons (Fsp3) is 0.182. The Morgan fingerprint density at radius 3 is 2.74 bits per heavy atom. The van der Waals surface area contributed by atoms with Gasteiger partial charge in [-0.05, 0) is 25.1 Å². The first-order valence-corrected chi connectivity index (χ1v) is 7.71. The average molecular weight is 348 g/mol. The maximum Gasteiger partial charge on any atom is 0.266 e. The van der Waals surface area contributed by atoms with Gasteiger partial charge in [-0.15, -0.1) is 0 Å². The molecule has 1 heterocycles. The van der Waals surface area contributed by atoms with Crippen LogP contribution in [-0.2, 0) is 16.6 Å². The van der Waals surface area contributed by atoms with Crippen molar-refractivity contribution < 1.29 is 12.8 Å². The quantitative estimate of drug-likeness (QED) is 0.924. The second kappa shape index (κ2) is 5.30. The molecule has 8 heteroatoms. The van der Waals surface area contributed by atoms with Crippen molar-refractivity contribution in [2.75, 3.05) is 4.72 Å². The Balaban J connectivity index is 2.32. The Hall–Kier alpha value is -1.41. The molecule has 0 atom stereocenters. The molecule has 0 saturated heterocycles. The SMILES string of the molecule is CCn1ccc(NS(=O)(=O)c2ccc(Br)cc2F)n1. The van der Waals surface area contributed by atoms with Crippen molar-refractivity contribution in [3.05, 3.63) is 40.8 Å². The molecule has 0 spiro atoms. The van der Waals surface area contributed by atoms with Crippen molar-refractivity contribution in [1.29, 1.82) is 0 Å². The summed E-state index contributed by atoms with van der Waals surface area (Å²) in [5.41, 5.74) is 0. The lowest BCUT2D eigenvalue weighted by Gasteiger charge is -2.06. The first-order valence-electron chi connectivity index (χ1n) is 5.43.